The molecule has 0 bridgehead atoms. The fraction of sp³-hybridized carbons (Fsp3) is 0.562. The largest absolute Gasteiger partial charge is 0.299 e. The summed E-state index contributed by atoms with van der Waals surface area (Å²) in [6.45, 7) is 4.85. The smallest absolute Gasteiger partial charge is 0.178 e. The van der Waals surface area contributed by atoms with E-state index >= 15 is 0 Å². The second kappa shape index (κ2) is 6.66. The van der Waals surface area contributed by atoms with Gasteiger partial charge in [0.25, 0.3) is 0 Å². The first-order valence-corrected chi connectivity index (χ1v) is 8.34. The molecule has 0 amide bonds. The van der Waals surface area contributed by atoms with E-state index in [4.69, 9.17) is 23.2 Å². The summed E-state index contributed by atoms with van der Waals surface area (Å²) in [5.41, 5.74) is 0.536. The van der Waals surface area contributed by atoms with Gasteiger partial charge in [0.2, 0.25) is 0 Å². The monoisotopic (exact) mass is 326 g/mol. The molecule has 2 aliphatic rings. The predicted molar refractivity (Wildman–Crippen MR) is 86.4 cm³/mol. The van der Waals surface area contributed by atoms with E-state index in [0.29, 0.717) is 28.2 Å². The van der Waals surface area contributed by atoms with Crippen LogP contribution in [-0.4, -0.2) is 54.3 Å². The Balaban J connectivity index is 1.59. The van der Waals surface area contributed by atoms with E-state index in [1.165, 1.54) is 25.9 Å². The number of carbonyl (C=O) groups excluding carboxylic acids is 1. The molecule has 0 radical (unpaired) electrons. The van der Waals surface area contributed by atoms with Crippen molar-refractivity contribution < 1.29 is 4.79 Å². The molecule has 2 fully saturated rings. The van der Waals surface area contributed by atoms with E-state index in [0.717, 1.165) is 19.5 Å². The number of carbonyl (C=O) groups is 1. The highest BCUT2D eigenvalue weighted by Crippen LogP contribution is 2.23. The number of Topliss-reactive ketones (excluding diaryl/α,β-unsaturated/α-hetero) is 1. The molecule has 0 saturated carbocycles. The minimum atomic E-state index is 0.0598. The van der Waals surface area contributed by atoms with E-state index in [1.54, 1.807) is 18.2 Å². The summed E-state index contributed by atoms with van der Waals surface area (Å²) in [6, 6.07) is 5.68. The molecular formula is C16H20Cl2N2O. The van der Waals surface area contributed by atoms with Gasteiger partial charge in [-0.05, 0) is 50.6 Å². The predicted octanol–water partition coefficient (Wildman–Crippen LogP) is 3.35. The molecule has 2 heterocycles. The minimum Gasteiger partial charge on any atom is -0.299 e. The molecule has 21 heavy (non-hydrogen) atoms. The Morgan fingerprint density at radius 1 is 1.19 bits per heavy atom. The zero-order valence-electron chi connectivity index (χ0n) is 12.0. The first-order chi connectivity index (χ1) is 10.1. The lowest BCUT2D eigenvalue weighted by Gasteiger charge is -2.23. The zero-order valence-corrected chi connectivity index (χ0v) is 13.5. The van der Waals surface area contributed by atoms with E-state index in [9.17, 15) is 4.79 Å². The summed E-state index contributed by atoms with van der Waals surface area (Å²) < 4.78 is 0. The number of rotatable bonds is 4. The van der Waals surface area contributed by atoms with Gasteiger partial charge in [-0.2, -0.15) is 0 Å². The van der Waals surface area contributed by atoms with Crippen LogP contribution in [0.1, 0.15) is 29.6 Å². The first-order valence-electron chi connectivity index (χ1n) is 7.58. The number of hydrogen-bond donors (Lipinski definition) is 0. The normalized spacial score (nSPS) is 23.8. The molecule has 2 saturated heterocycles. The Morgan fingerprint density at radius 2 is 1.95 bits per heavy atom. The Bertz CT molecular complexity index is 529. The molecular weight excluding hydrogens is 307 g/mol. The van der Waals surface area contributed by atoms with Crippen LogP contribution in [0.3, 0.4) is 0 Å². The lowest BCUT2D eigenvalue weighted by molar-refractivity contribution is 0.0940. The Morgan fingerprint density at radius 3 is 2.71 bits per heavy atom. The van der Waals surface area contributed by atoms with Gasteiger partial charge in [0.15, 0.2) is 5.78 Å². The van der Waals surface area contributed by atoms with Crippen molar-refractivity contribution in [1.82, 2.24) is 9.80 Å². The van der Waals surface area contributed by atoms with Crippen molar-refractivity contribution in [3.63, 3.8) is 0 Å². The summed E-state index contributed by atoms with van der Waals surface area (Å²) in [7, 11) is 0. The summed E-state index contributed by atoms with van der Waals surface area (Å²) >= 11 is 12.1. The number of nitrogens with zero attached hydrogens (tertiary/aromatic N) is 2. The van der Waals surface area contributed by atoms with Crippen LogP contribution in [0.15, 0.2) is 18.2 Å². The number of hydrogen-bond acceptors (Lipinski definition) is 3. The van der Waals surface area contributed by atoms with E-state index in [1.807, 2.05) is 0 Å². The van der Waals surface area contributed by atoms with Crippen LogP contribution in [0.5, 0.6) is 0 Å². The highest BCUT2D eigenvalue weighted by molar-refractivity contribution is 6.36. The summed E-state index contributed by atoms with van der Waals surface area (Å²) in [5.74, 6) is 0.0598. The molecule has 1 unspecified atom stereocenters. The average Bonchev–Trinajstić information content (AvgIpc) is 3.11. The third kappa shape index (κ3) is 3.59. The molecule has 0 aliphatic carbocycles. The highest BCUT2D eigenvalue weighted by atomic mass is 35.5. The Hall–Kier alpha value is -0.610. The van der Waals surface area contributed by atoms with Gasteiger partial charge >= 0.3 is 0 Å². The van der Waals surface area contributed by atoms with Crippen LogP contribution < -0.4 is 0 Å². The van der Waals surface area contributed by atoms with E-state index < -0.39 is 0 Å². The van der Waals surface area contributed by atoms with Gasteiger partial charge in [0, 0.05) is 29.7 Å². The number of ketones is 1. The molecule has 0 aromatic heterocycles. The standard InChI is InChI=1S/C16H20Cl2N2O/c17-12-3-4-15(18)14(9-12)16(21)11-19-8-5-13(10-19)20-6-1-2-7-20/h3-4,9,13H,1-2,5-8,10-11H2. The van der Waals surface area contributed by atoms with Gasteiger partial charge in [-0.3, -0.25) is 14.6 Å². The number of likely N-dealkylation sites (tertiary alicyclic amines) is 2. The van der Waals surface area contributed by atoms with Crippen molar-refractivity contribution in [2.45, 2.75) is 25.3 Å². The molecule has 0 spiro atoms. The van der Waals surface area contributed by atoms with Gasteiger partial charge in [0.05, 0.1) is 11.6 Å². The topological polar surface area (TPSA) is 23.6 Å². The average molecular weight is 327 g/mol. The maximum absolute atomic E-state index is 12.4. The molecule has 3 rings (SSSR count). The van der Waals surface area contributed by atoms with E-state index in [-0.39, 0.29) is 5.78 Å². The van der Waals surface area contributed by atoms with Crippen molar-refractivity contribution in [2.24, 2.45) is 0 Å². The molecule has 1 aromatic carbocycles. The third-order valence-corrected chi connectivity index (χ3v) is 5.07. The van der Waals surface area contributed by atoms with Crippen LogP contribution in [0.25, 0.3) is 0 Å². The number of benzene rings is 1. The SMILES string of the molecule is O=C(CN1CCC(N2CCCC2)C1)c1cc(Cl)ccc1Cl. The minimum absolute atomic E-state index is 0.0598. The van der Waals surface area contributed by atoms with Gasteiger partial charge in [-0.25, -0.2) is 0 Å². The zero-order chi connectivity index (χ0) is 14.8. The third-order valence-electron chi connectivity index (χ3n) is 4.50. The molecule has 1 atom stereocenters. The van der Waals surface area contributed by atoms with E-state index in [2.05, 4.69) is 9.80 Å². The molecule has 2 aliphatic heterocycles. The van der Waals surface area contributed by atoms with Gasteiger partial charge < -0.3 is 0 Å². The fourth-order valence-corrected chi connectivity index (χ4v) is 3.76. The molecule has 3 nitrogen and oxygen atoms in total. The van der Waals surface area contributed by atoms with Crippen molar-refractivity contribution in [2.75, 3.05) is 32.7 Å². The summed E-state index contributed by atoms with van der Waals surface area (Å²) in [5, 5.41) is 1.04. The highest BCUT2D eigenvalue weighted by Gasteiger charge is 2.30. The Kier molecular flexibility index (Phi) is 4.85. The fourth-order valence-electron chi connectivity index (χ4n) is 3.36. The van der Waals surface area contributed by atoms with Gasteiger partial charge in [-0.15, -0.1) is 0 Å². The Labute approximate surface area is 135 Å². The summed E-state index contributed by atoms with van der Waals surface area (Å²) in [4.78, 5) is 17.2. The maximum Gasteiger partial charge on any atom is 0.178 e. The lowest BCUT2D eigenvalue weighted by Crippen LogP contribution is -2.36. The van der Waals surface area contributed by atoms with Crippen LogP contribution in [0.4, 0.5) is 0 Å². The quantitative estimate of drug-likeness (QED) is 0.793. The van der Waals surface area contributed by atoms with Gasteiger partial charge in [0.1, 0.15) is 0 Å². The van der Waals surface area contributed by atoms with Crippen molar-refractivity contribution in [3.05, 3.63) is 33.8 Å². The second-order valence-electron chi connectivity index (χ2n) is 5.97. The lowest BCUT2D eigenvalue weighted by atomic mass is 10.1. The molecule has 0 N–H and O–H groups in total. The van der Waals surface area contributed by atoms with Crippen LogP contribution >= 0.6 is 23.2 Å². The first kappa shape index (κ1) is 15.3. The maximum atomic E-state index is 12.4. The number of halogens is 2. The van der Waals surface area contributed by atoms with Crippen molar-refractivity contribution in [3.8, 4) is 0 Å². The summed E-state index contributed by atoms with van der Waals surface area (Å²) in [6.07, 6.45) is 3.79. The van der Waals surface area contributed by atoms with Crippen LogP contribution in [0, 0.1) is 0 Å². The molecule has 1 aromatic rings. The second-order valence-corrected chi connectivity index (χ2v) is 6.81. The van der Waals surface area contributed by atoms with Crippen molar-refractivity contribution >= 4 is 29.0 Å². The van der Waals surface area contributed by atoms with Crippen molar-refractivity contribution in [1.29, 1.82) is 0 Å². The van der Waals surface area contributed by atoms with Crippen LogP contribution in [-0.2, 0) is 0 Å². The molecule has 114 valence electrons. The molecule has 5 heteroatoms. The van der Waals surface area contributed by atoms with Crippen LogP contribution in [0.2, 0.25) is 10.0 Å². The van der Waals surface area contributed by atoms with Gasteiger partial charge in [-0.1, -0.05) is 23.2 Å².